The van der Waals surface area contributed by atoms with Crippen molar-refractivity contribution in [3.05, 3.63) is 0 Å². The van der Waals surface area contributed by atoms with Gasteiger partial charge in [0.2, 0.25) is 0 Å². The summed E-state index contributed by atoms with van der Waals surface area (Å²) in [6.45, 7) is 1.62. The van der Waals surface area contributed by atoms with Crippen molar-refractivity contribution in [1.29, 1.82) is 0 Å². The van der Waals surface area contributed by atoms with Gasteiger partial charge in [-0.2, -0.15) is 13.2 Å². The van der Waals surface area contributed by atoms with Crippen LogP contribution in [0.4, 0.5) is 13.2 Å². The highest BCUT2D eigenvalue weighted by Crippen LogP contribution is 2.41. The molecule has 3 atom stereocenters. The molecule has 1 saturated carbocycles. The lowest BCUT2D eigenvalue weighted by Gasteiger charge is -2.18. The van der Waals surface area contributed by atoms with E-state index in [1.165, 1.54) is 0 Å². The average molecular weight is 167 g/mol. The third kappa shape index (κ3) is 1.86. The Morgan fingerprint density at radius 3 is 2.00 bits per heavy atom. The Morgan fingerprint density at radius 2 is 1.82 bits per heavy atom. The molecule has 1 aliphatic carbocycles. The van der Waals surface area contributed by atoms with Crippen LogP contribution < -0.4 is 5.73 Å². The van der Waals surface area contributed by atoms with Gasteiger partial charge in [-0.15, -0.1) is 0 Å². The van der Waals surface area contributed by atoms with Gasteiger partial charge in [0.1, 0.15) is 0 Å². The van der Waals surface area contributed by atoms with Gasteiger partial charge in [0, 0.05) is 6.04 Å². The molecule has 2 N–H and O–H groups in total. The monoisotopic (exact) mass is 167 g/mol. The van der Waals surface area contributed by atoms with Crippen LogP contribution in [-0.4, -0.2) is 12.2 Å². The molecular weight excluding hydrogens is 155 g/mol. The Kier molecular flexibility index (Phi) is 2.14. The van der Waals surface area contributed by atoms with Crippen LogP contribution in [0.15, 0.2) is 0 Å². The van der Waals surface area contributed by atoms with E-state index in [-0.39, 0.29) is 18.4 Å². The quantitative estimate of drug-likeness (QED) is 0.586. The van der Waals surface area contributed by atoms with Crippen molar-refractivity contribution in [2.45, 2.75) is 32.0 Å². The molecule has 0 amide bonds. The molecule has 0 spiro atoms. The van der Waals surface area contributed by atoms with Crippen LogP contribution in [0.1, 0.15) is 19.8 Å². The van der Waals surface area contributed by atoms with E-state index < -0.39 is 12.1 Å². The maximum Gasteiger partial charge on any atom is 0.392 e. The van der Waals surface area contributed by atoms with Crippen LogP contribution >= 0.6 is 0 Å². The molecule has 1 aliphatic rings. The summed E-state index contributed by atoms with van der Waals surface area (Å²) < 4.78 is 36.4. The van der Waals surface area contributed by atoms with Crippen LogP contribution in [0, 0.1) is 11.8 Å². The van der Waals surface area contributed by atoms with Crippen molar-refractivity contribution >= 4 is 0 Å². The van der Waals surface area contributed by atoms with E-state index in [1.54, 1.807) is 6.92 Å². The number of halogens is 3. The smallest absolute Gasteiger partial charge is 0.328 e. The van der Waals surface area contributed by atoms with Gasteiger partial charge in [0.25, 0.3) is 0 Å². The molecule has 0 aromatic carbocycles. The maximum absolute atomic E-state index is 12.1. The number of hydrogen-bond donors (Lipinski definition) is 1. The summed E-state index contributed by atoms with van der Waals surface area (Å²) in [6, 6.07) is -0.253. The first-order chi connectivity index (χ1) is 4.91. The Hall–Kier alpha value is -0.250. The average Bonchev–Trinajstić information content (AvgIpc) is 2.08. The van der Waals surface area contributed by atoms with Crippen molar-refractivity contribution in [3.8, 4) is 0 Å². The van der Waals surface area contributed by atoms with Gasteiger partial charge >= 0.3 is 6.18 Å². The first-order valence-electron chi connectivity index (χ1n) is 3.73. The fourth-order valence-electron chi connectivity index (χ4n) is 1.75. The van der Waals surface area contributed by atoms with E-state index in [2.05, 4.69) is 0 Å². The molecule has 11 heavy (non-hydrogen) atoms. The zero-order valence-corrected chi connectivity index (χ0v) is 6.36. The highest BCUT2D eigenvalue weighted by molar-refractivity contribution is 4.86. The normalized spacial score (nSPS) is 39.5. The molecule has 0 aromatic rings. The summed E-state index contributed by atoms with van der Waals surface area (Å²) in [6.07, 6.45) is -3.44. The molecule has 0 radical (unpaired) electrons. The van der Waals surface area contributed by atoms with Gasteiger partial charge in [0.05, 0.1) is 5.92 Å². The molecule has 0 heterocycles. The molecule has 0 bridgehead atoms. The van der Waals surface area contributed by atoms with Crippen molar-refractivity contribution in [2.75, 3.05) is 0 Å². The van der Waals surface area contributed by atoms with Gasteiger partial charge in [0.15, 0.2) is 0 Å². The van der Waals surface area contributed by atoms with Gasteiger partial charge < -0.3 is 5.73 Å². The standard InChI is InChI=1S/C7H12F3N/c1-4-2-5(11)3-6(4)7(8,9)10/h4-6H,2-3,11H2,1H3. The second-order valence-electron chi connectivity index (χ2n) is 3.36. The van der Waals surface area contributed by atoms with E-state index in [1.807, 2.05) is 0 Å². The minimum absolute atomic E-state index is 0.102. The molecule has 1 nitrogen and oxygen atoms in total. The van der Waals surface area contributed by atoms with Gasteiger partial charge in [-0.25, -0.2) is 0 Å². The Labute approximate surface area is 63.8 Å². The Bertz CT molecular complexity index is 143. The highest BCUT2D eigenvalue weighted by atomic mass is 19.4. The molecule has 4 heteroatoms. The topological polar surface area (TPSA) is 26.0 Å². The zero-order valence-electron chi connectivity index (χ0n) is 6.36. The first-order valence-corrected chi connectivity index (χ1v) is 3.73. The fourth-order valence-corrected chi connectivity index (χ4v) is 1.75. The van der Waals surface area contributed by atoms with Crippen LogP contribution in [0.5, 0.6) is 0 Å². The zero-order chi connectivity index (χ0) is 8.65. The lowest BCUT2D eigenvalue weighted by molar-refractivity contribution is -0.182. The second kappa shape index (κ2) is 2.66. The van der Waals surface area contributed by atoms with Gasteiger partial charge in [-0.3, -0.25) is 0 Å². The van der Waals surface area contributed by atoms with E-state index in [0.29, 0.717) is 6.42 Å². The summed E-state index contributed by atoms with van der Waals surface area (Å²) in [7, 11) is 0. The van der Waals surface area contributed by atoms with E-state index >= 15 is 0 Å². The van der Waals surface area contributed by atoms with Gasteiger partial charge in [-0.1, -0.05) is 6.92 Å². The van der Waals surface area contributed by atoms with Crippen LogP contribution in [0.2, 0.25) is 0 Å². The molecule has 66 valence electrons. The Morgan fingerprint density at radius 1 is 1.27 bits per heavy atom. The third-order valence-corrected chi connectivity index (χ3v) is 2.34. The van der Waals surface area contributed by atoms with E-state index in [0.717, 1.165) is 0 Å². The minimum Gasteiger partial charge on any atom is -0.328 e. The molecule has 0 saturated heterocycles. The number of rotatable bonds is 0. The highest BCUT2D eigenvalue weighted by Gasteiger charge is 2.47. The second-order valence-corrected chi connectivity index (χ2v) is 3.36. The molecule has 0 aromatic heterocycles. The third-order valence-electron chi connectivity index (χ3n) is 2.34. The molecule has 1 rings (SSSR count). The van der Waals surface area contributed by atoms with Crippen LogP contribution in [0.25, 0.3) is 0 Å². The summed E-state index contributed by atoms with van der Waals surface area (Å²) in [5.74, 6) is -1.47. The summed E-state index contributed by atoms with van der Waals surface area (Å²) >= 11 is 0. The van der Waals surface area contributed by atoms with Gasteiger partial charge in [-0.05, 0) is 18.8 Å². The molecular formula is C7H12F3N. The number of hydrogen-bond acceptors (Lipinski definition) is 1. The SMILES string of the molecule is CC1CC(N)CC1C(F)(F)F. The number of nitrogens with two attached hydrogens (primary N) is 1. The van der Waals surface area contributed by atoms with Crippen molar-refractivity contribution < 1.29 is 13.2 Å². The summed E-state index contributed by atoms with van der Waals surface area (Å²) in [5, 5.41) is 0. The van der Waals surface area contributed by atoms with Crippen molar-refractivity contribution in [2.24, 2.45) is 17.6 Å². The minimum atomic E-state index is -4.05. The molecule has 1 fully saturated rings. The van der Waals surface area contributed by atoms with Crippen LogP contribution in [0.3, 0.4) is 0 Å². The van der Waals surface area contributed by atoms with E-state index in [4.69, 9.17) is 5.73 Å². The summed E-state index contributed by atoms with van der Waals surface area (Å²) in [4.78, 5) is 0. The number of alkyl halides is 3. The lowest BCUT2D eigenvalue weighted by Crippen LogP contribution is -2.25. The van der Waals surface area contributed by atoms with Crippen molar-refractivity contribution in [1.82, 2.24) is 0 Å². The fraction of sp³-hybridized carbons (Fsp3) is 1.00. The largest absolute Gasteiger partial charge is 0.392 e. The predicted octanol–water partition coefficient (Wildman–Crippen LogP) is 1.92. The van der Waals surface area contributed by atoms with Crippen LogP contribution in [-0.2, 0) is 0 Å². The van der Waals surface area contributed by atoms with E-state index in [9.17, 15) is 13.2 Å². The lowest BCUT2D eigenvalue weighted by atomic mass is 9.98. The molecule has 0 aliphatic heterocycles. The molecule has 3 unspecified atom stereocenters. The predicted molar refractivity (Wildman–Crippen MR) is 35.9 cm³/mol. The maximum atomic E-state index is 12.1. The first kappa shape index (κ1) is 8.84. The van der Waals surface area contributed by atoms with Crippen molar-refractivity contribution in [3.63, 3.8) is 0 Å². The summed E-state index contributed by atoms with van der Waals surface area (Å²) in [5.41, 5.74) is 5.41. The Balaban J connectivity index is 2.60.